The SMILES string of the molecule is O=C(c1ccsc1)N1CCC(CC2CC2)(c2noc(C3CCOCC3)n2)CC1. The maximum absolute atomic E-state index is 12.7. The number of ether oxygens (including phenoxy) is 1. The monoisotopic (exact) mass is 401 g/mol. The van der Waals surface area contributed by atoms with Crippen molar-refractivity contribution in [3.05, 3.63) is 34.1 Å². The zero-order chi connectivity index (χ0) is 19.0. The third kappa shape index (κ3) is 3.62. The average Bonchev–Trinajstić information content (AvgIpc) is 3.21. The Morgan fingerprint density at radius 1 is 1.21 bits per heavy atom. The molecule has 0 unspecified atom stereocenters. The van der Waals surface area contributed by atoms with E-state index in [4.69, 9.17) is 14.2 Å². The third-order valence-corrected chi connectivity index (χ3v) is 7.32. The second kappa shape index (κ2) is 7.59. The molecule has 3 aliphatic rings. The number of amides is 1. The zero-order valence-electron chi connectivity index (χ0n) is 16.1. The number of piperidine rings is 1. The summed E-state index contributed by atoms with van der Waals surface area (Å²) in [7, 11) is 0. The van der Waals surface area contributed by atoms with Crippen LogP contribution in [0, 0.1) is 5.92 Å². The first-order chi connectivity index (χ1) is 13.7. The highest BCUT2D eigenvalue weighted by Crippen LogP contribution is 2.47. The fraction of sp³-hybridized carbons (Fsp3) is 0.667. The van der Waals surface area contributed by atoms with Crippen LogP contribution in [0.1, 0.15) is 72.9 Å². The summed E-state index contributed by atoms with van der Waals surface area (Å²) < 4.78 is 11.2. The number of hydrogen-bond acceptors (Lipinski definition) is 6. The van der Waals surface area contributed by atoms with Crippen molar-refractivity contribution in [1.29, 1.82) is 0 Å². The van der Waals surface area contributed by atoms with Gasteiger partial charge in [-0.2, -0.15) is 16.3 Å². The van der Waals surface area contributed by atoms with Crippen LogP contribution in [0.4, 0.5) is 0 Å². The molecule has 2 saturated heterocycles. The summed E-state index contributed by atoms with van der Waals surface area (Å²) in [5, 5.41) is 8.36. The highest BCUT2D eigenvalue weighted by molar-refractivity contribution is 7.08. The van der Waals surface area contributed by atoms with Gasteiger partial charge in [0, 0.05) is 43.0 Å². The summed E-state index contributed by atoms with van der Waals surface area (Å²) in [5.41, 5.74) is 0.764. The van der Waals surface area contributed by atoms with E-state index in [0.29, 0.717) is 5.92 Å². The minimum Gasteiger partial charge on any atom is -0.381 e. The number of rotatable bonds is 5. The van der Waals surface area contributed by atoms with Crippen molar-refractivity contribution in [3.63, 3.8) is 0 Å². The van der Waals surface area contributed by atoms with Gasteiger partial charge in [0.25, 0.3) is 5.91 Å². The molecule has 7 heteroatoms. The second-order valence-electron chi connectivity index (χ2n) is 8.57. The topological polar surface area (TPSA) is 68.5 Å². The zero-order valence-corrected chi connectivity index (χ0v) is 17.0. The van der Waals surface area contributed by atoms with Crippen LogP contribution in [0.5, 0.6) is 0 Å². The summed E-state index contributed by atoms with van der Waals surface area (Å²) >= 11 is 1.57. The third-order valence-electron chi connectivity index (χ3n) is 6.64. The molecule has 0 bridgehead atoms. The van der Waals surface area contributed by atoms with Gasteiger partial charge in [0.2, 0.25) is 5.89 Å². The van der Waals surface area contributed by atoms with Crippen LogP contribution in [-0.2, 0) is 10.2 Å². The lowest BCUT2D eigenvalue weighted by atomic mass is 9.73. The number of likely N-dealkylation sites (tertiary alicyclic amines) is 1. The normalized spacial score (nSPS) is 23.1. The lowest BCUT2D eigenvalue weighted by Crippen LogP contribution is -2.46. The summed E-state index contributed by atoms with van der Waals surface area (Å²) in [6, 6.07) is 1.92. The second-order valence-corrected chi connectivity index (χ2v) is 9.35. The van der Waals surface area contributed by atoms with Crippen molar-refractivity contribution in [1.82, 2.24) is 15.0 Å². The largest absolute Gasteiger partial charge is 0.381 e. The molecule has 5 rings (SSSR count). The molecule has 0 atom stereocenters. The highest BCUT2D eigenvalue weighted by Gasteiger charge is 2.45. The lowest BCUT2D eigenvalue weighted by molar-refractivity contribution is 0.0646. The number of thiophene rings is 1. The Kier molecular flexibility index (Phi) is 4.97. The molecule has 0 radical (unpaired) electrons. The molecule has 1 amide bonds. The van der Waals surface area contributed by atoms with E-state index < -0.39 is 0 Å². The maximum atomic E-state index is 12.7. The van der Waals surface area contributed by atoms with E-state index in [1.54, 1.807) is 11.3 Å². The Morgan fingerprint density at radius 3 is 2.68 bits per heavy atom. The van der Waals surface area contributed by atoms with Crippen molar-refractivity contribution in [2.45, 2.75) is 56.3 Å². The standard InChI is InChI=1S/C21H27N3O3S/c25-19(17-5-12-28-14-17)24-8-6-21(7-9-24,13-15-1-2-15)20-22-18(27-23-20)16-3-10-26-11-4-16/h5,12,14-16H,1-4,6-11,13H2. The van der Waals surface area contributed by atoms with E-state index in [-0.39, 0.29) is 11.3 Å². The molecule has 2 aliphatic heterocycles. The molecule has 2 aromatic rings. The minimum absolute atomic E-state index is 0.0422. The number of carbonyl (C=O) groups is 1. The molecule has 6 nitrogen and oxygen atoms in total. The summed E-state index contributed by atoms with van der Waals surface area (Å²) in [4.78, 5) is 19.6. The molecule has 2 aromatic heterocycles. The summed E-state index contributed by atoms with van der Waals surface area (Å²) in [6.45, 7) is 3.08. The number of carbonyl (C=O) groups excluding carboxylic acids is 1. The van der Waals surface area contributed by atoms with E-state index >= 15 is 0 Å². The molecule has 3 fully saturated rings. The number of aromatic nitrogens is 2. The quantitative estimate of drug-likeness (QED) is 0.757. The van der Waals surface area contributed by atoms with E-state index in [2.05, 4.69) is 5.16 Å². The molecule has 150 valence electrons. The fourth-order valence-electron chi connectivity index (χ4n) is 4.66. The smallest absolute Gasteiger partial charge is 0.254 e. The van der Waals surface area contributed by atoms with Gasteiger partial charge in [-0.15, -0.1) is 0 Å². The molecule has 1 aliphatic carbocycles. The van der Waals surface area contributed by atoms with Gasteiger partial charge in [-0.25, -0.2) is 0 Å². The van der Waals surface area contributed by atoms with Crippen LogP contribution < -0.4 is 0 Å². The van der Waals surface area contributed by atoms with Crippen molar-refractivity contribution in [2.24, 2.45) is 5.92 Å². The number of hydrogen-bond donors (Lipinski definition) is 0. The lowest BCUT2D eigenvalue weighted by Gasteiger charge is -2.40. The van der Waals surface area contributed by atoms with Crippen LogP contribution in [-0.4, -0.2) is 47.3 Å². The van der Waals surface area contributed by atoms with Gasteiger partial charge in [0.05, 0.1) is 5.56 Å². The maximum Gasteiger partial charge on any atom is 0.254 e. The first-order valence-corrected chi connectivity index (χ1v) is 11.4. The summed E-state index contributed by atoms with van der Waals surface area (Å²) in [5.74, 6) is 2.92. The molecule has 0 N–H and O–H groups in total. The first-order valence-electron chi connectivity index (χ1n) is 10.5. The Labute approximate surface area is 169 Å². The fourth-order valence-corrected chi connectivity index (χ4v) is 5.29. The molecular formula is C21H27N3O3S. The van der Waals surface area contributed by atoms with Crippen molar-refractivity contribution in [3.8, 4) is 0 Å². The van der Waals surface area contributed by atoms with E-state index in [1.807, 2.05) is 21.7 Å². The molecule has 4 heterocycles. The van der Waals surface area contributed by atoms with Gasteiger partial charge in [0.1, 0.15) is 0 Å². The van der Waals surface area contributed by atoms with Crippen LogP contribution in [0.3, 0.4) is 0 Å². The van der Waals surface area contributed by atoms with Crippen molar-refractivity contribution >= 4 is 17.2 Å². The first kappa shape index (κ1) is 18.3. The summed E-state index contributed by atoms with van der Waals surface area (Å²) in [6.07, 6.45) is 7.51. The van der Waals surface area contributed by atoms with E-state index in [0.717, 1.165) is 81.6 Å². The van der Waals surface area contributed by atoms with Gasteiger partial charge in [-0.3, -0.25) is 4.79 Å². The van der Waals surface area contributed by atoms with Gasteiger partial charge < -0.3 is 14.2 Å². The Hall–Kier alpha value is -1.73. The van der Waals surface area contributed by atoms with Crippen LogP contribution >= 0.6 is 11.3 Å². The van der Waals surface area contributed by atoms with Gasteiger partial charge in [-0.1, -0.05) is 18.0 Å². The van der Waals surface area contributed by atoms with Crippen molar-refractivity contribution in [2.75, 3.05) is 26.3 Å². The van der Waals surface area contributed by atoms with Crippen molar-refractivity contribution < 1.29 is 14.1 Å². The Bertz CT molecular complexity index is 801. The Morgan fingerprint density at radius 2 is 2.00 bits per heavy atom. The van der Waals surface area contributed by atoms with Crippen LogP contribution in [0.15, 0.2) is 21.3 Å². The van der Waals surface area contributed by atoms with Gasteiger partial charge >= 0.3 is 0 Å². The number of nitrogens with zero attached hydrogens (tertiary/aromatic N) is 3. The molecular weight excluding hydrogens is 374 g/mol. The predicted molar refractivity (Wildman–Crippen MR) is 106 cm³/mol. The molecule has 0 aromatic carbocycles. The van der Waals surface area contributed by atoms with Gasteiger partial charge in [-0.05, 0) is 49.5 Å². The van der Waals surface area contributed by atoms with Gasteiger partial charge in [0.15, 0.2) is 5.82 Å². The minimum atomic E-state index is -0.0422. The average molecular weight is 402 g/mol. The molecule has 0 spiro atoms. The Balaban J connectivity index is 1.33. The highest BCUT2D eigenvalue weighted by atomic mass is 32.1. The molecule has 1 saturated carbocycles. The van der Waals surface area contributed by atoms with E-state index in [1.165, 1.54) is 12.8 Å². The van der Waals surface area contributed by atoms with E-state index in [9.17, 15) is 4.79 Å². The predicted octanol–water partition coefficient (Wildman–Crippen LogP) is 4.00. The van der Waals surface area contributed by atoms with Crippen LogP contribution in [0.25, 0.3) is 0 Å². The molecule has 28 heavy (non-hydrogen) atoms. The van der Waals surface area contributed by atoms with Crippen LogP contribution in [0.2, 0.25) is 0 Å².